The number of halogens is 3. The Bertz CT molecular complexity index is 328. The highest BCUT2D eigenvalue weighted by Crippen LogP contribution is 2.21. The number of β-amino-alcohol motifs (C(OH)–C–C–N with tert-alkyl or cyclic N) is 1. The molecule has 1 aliphatic rings. The molecular formula is C11H20F3N3O3. The van der Waals surface area contributed by atoms with Crippen molar-refractivity contribution in [1.29, 1.82) is 0 Å². The second-order valence-electron chi connectivity index (χ2n) is 4.97. The average molecular weight is 299 g/mol. The lowest BCUT2D eigenvalue weighted by molar-refractivity contribution is -0.211. The maximum Gasteiger partial charge on any atom is 0.415 e. The number of rotatable bonds is 6. The molecule has 0 unspecified atom stereocenters. The molecule has 1 saturated heterocycles. The normalized spacial score (nSPS) is 23.0. The maximum absolute atomic E-state index is 12.3. The van der Waals surface area contributed by atoms with Crippen LogP contribution in [0.15, 0.2) is 0 Å². The molecule has 1 amide bonds. The van der Waals surface area contributed by atoms with Gasteiger partial charge in [0.25, 0.3) is 0 Å². The maximum atomic E-state index is 12.3. The Morgan fingerprint density at radius 2 is 2.25 bits per heavy atom. The van der Waals surface area contributed by atoms with Crippen LogP contribution in [0.25, 0.3) is 0 Å². The van der Waals surface area contributed by atoms with Crippen molar-refractivity contribution in [2.45, 2.75) is 18.4 Å². The molecule has 0 aromatic rings. The molecule has 118 valence electrons. The standard InChI is InChI=1S/C11H20F3N3O3/c1-16(7-10(15)19)4-8-5-17(2-3-20-8)6-9(18)11(12,13)14/h8-9,18H,2-7H2,1H3,(H2,15,19)/t8-,9-/m1/s1. The number of amides is 1. The van der Waals surface area contributed by atoms with Crippen LogP contribution in [-0.2, 0) is 9.53 Å². The molecule has 0 saturated carbocycles. The minimum atomic E-state index is -4.61. The van der Waals surface area contributed by atoms with E-state index in [1.54, 1.807) is 11.9 Å². The summed E-state index contributed by atoms with van der Waals surface area (Å²) in [5, 5.41) is 9.05. The molecule has 2 atom stereocenters. The van der Waals surface area contributed by atoms with Gasteiger partial charge in [-0.3, -0.25) is 14.6 Å². The lowest BCUT2D eigenvalue weighted by Gasteiger charge is -2.35. The Hall–Kier alpha value is -0.900. The summed E-state index contributed by atoms with van der Waals surface area (Å²) in [6, 6.07) is 0. The number of hydrogen-bond acceptors (Lipinski definition) is 5. The van der Waals surface area contributed by atoms with Crippen molar-refractivity contribution in [2.24, 2.45) is 5.73 Å². The van der Waals surface area contributed by atoms with Gasteiger partial charge in [0.05, 0.1) is 19.3 Å². The number of morpholine rings is 1. The van der Waals surface area contributed by atoms with Gasteiger partial charge in [0, 0.05) is 26.2 Å². The van der Waals surface area contributed by atoms with Gasteiger partial charge in [0.2, 0.25) is 5.91 Å². The van der Waals surface area contributed by atoms with E-state index in [1.807, 2.05) is 0 Å². The van der Waals surface area contributed by atoms with Crippen LogP contribution in [-0.4, -0.2) is 85.6 Å². The molecule has 1 heterocycles. The number of carbonyl (C=O) groups excluding carboxylic acids is 1. The smallest absolute Gasteiger partial charge is 0.382 e. The topological polar surface area (TPSA) is 79.0 Å². The van der Waals surface area contributed by atoms with Gasteiger partial charge in [-0.1, -0.05) is 0 Å². The minimum Gasteiger partial charge on any atom is -0.382 e. The third-order valence-electron chi connectivity index (χ3n) is 2.97. The summed E-state index contributed by atoms with van der Waals surface area (Å²) in [4.78, 5) is 13.9. The summed E-state index contributed by atoms with van der Waals surface area (Å²) in [7, 11) is 1.68. The van der Waals surface area contributed by atoms with Crippen LogP contribution in [0, 0.1) is 0 Å². The van der Waals surface area contributed by atoms with E-state index < -0.39 is 24.7 Å². The number of hydrogen-bond donors (Lipinski definition) is 2. The van der Waals surface area contributed by atoms with Crippen molar-refractivity contribution in [1.82, 2.24) is 9.80 Å². The number of aliphatic hydroxyl groups is 1. The van der Waals surface area contributed by atoms with Crippen LogP contribution in [0.3, 0.4) is 0 Å². The first-order valence-corrected chi connectivity index (χ1v) is 6.24. The fraction of sp³-hybridized carbons (Fsp3) is 0.909. The number of aliphatic hydroxyl groups excluding tert-OH is 1. The number of primary amides is 1. The first-order valence-electron chi connectivity index (χ1n) is 6.24. The van der Waals surface area contributed by atoms with Gasteiger partial charge in [0.1, 0.15) is 0 Å². The lowest BCUT2D eigenvalue weighted by atomic mass is 10.2. The van der Waals surface area contributed by atoms with Gasteiger partial charge >= 0.3 is 6.18 Å². The van der Waals surface area contributed by atoms with Crippen LogP contribution in [0.1, 0.15) is 0 Å². The highest BCUT2D eigenvalue weighted by atomic mass is 19.4. The second-order valence-corrected chi connectivity index (χ2v) is 4.97. The zero-order chi connectivity index (χ0) is 15.3. The monoisotopic (exact) mass is 299 g/mol. The Morgan fingerprint density at radius 3 is 2.80 bits per heavy atom. The van der Waals surface area contributed by atoms with Gasteiger partial charge < -0.3 is 15.6 Å². The molecule has 1 rings (SSSR count). The van der Waals surface area contributed by atoms with Gasteiger partial charge in [-0.2, -0.15) is 13.2 Å². The molecular weight excluding hydrogens is 279 g/mol. The summed E-state index contributed by atoms with van der Waals surface area (Å²) in [5.41, 5.74) is 5.05. The number of ether oxygens (including phenoxy) is 1. The molecule has 3 N–H and O–H groups in total. The second kappa shape index (κ2) is 7.21. The van der Waals surface area contributed by atoms with E-state index in [1.165, 1.54) is 4.90 Å². The van der Waals surface area contributed by atoms with Gasteiger partial charge in [-0.05, 0) is 7.05 Å². The van der Waals surface area contributed by atoms with E-state index in [-0.39, 0.29) is 19.2 Å². The number of nitrogens with zero attached hydrogens (tertiary/aromatic N) is 2. The molecule has 0 aromatic carbocycles. The first-order chi connectivity index (χ1) is 9.18. The fourth-order valence-electron chi connectivity index (χ4n) is 2.08. The van der Waals surface area contributed by atoms with Crippen molar-refractivity contribution in [3.05, 3.63) is 0 Å². The van der Waals surface area contributed by atoms with E-state index in [4.69, 9.17) is 15.6 Å². The van der Waals surface area contributed by atoms with Crippen LogP contribution in [0.4, 0.5) is 13.2 Å². The van der Waals surface area contributed by atoms with Crippen LogP contribution < -0.4 is 5.73 Å². The molecule has 9 heteroatoms. The highest BCUT2D eigenvalue weighted by Gasteiger charge is 2.39. The van der Waals surface area contributed by atoms with Gasteiger partial charge in [-0.25, -0.2) is 0 Å². The van der Waals surface area contributed by atoms with Crippen LogP contribution in [0.2, 0.25) is 0 Å². The predicted octanol–water partition coefficient (Wildman–Crippen LogP) is -0.972. The van der Waals surface area contributed by atoms with Crippen molar-refractivity contribution in [3.8, 4) is 0 Å². The summed E-state index contributed by atoms with van der Waals surface area (Å²) < 4.78 is 42.3. The van der Waals surface area contributed by atoms with Gasteiger partial charge in [0.15, 0.2) is 6.10 Å². The van der Waals surface area contributed by atoms with E-state index in [9.17, 15) is 18.0 Å². The zero-order valence-electron chi connectivity index (χ0n) is 11.3. The number of likely N-dealkylation sites (N-methyl/N-ethyl adjacent to an activating group) is 1. The molecule has 0 radical (unpaired) electrons. The van der Waals surface area contributed by atoms with Crippen molar-refractivity contribution in [2.75, 3.05) is 46.4 Å². The van der Waals surface area contributed by atoms with E-state index in [0.29, 0.717) is 19.7 Å². The molecule has 1 aliphatic heterocycles. The Kier molecular flexibility index (Phi) is 6.18. The van der Waals surface area contributed by atoms with Crippen LogP contribution >= 0.6 is 0 Å². The molecule has 20 heavy (non-hydrogen) atoms. The summed E-state index contributed by atoms with van der Waals surface area (Å²) in [6.45, 7) is 0.883. The quantitative estimate of drug-likeness (QED) is 0.659. The van der Waals surface area contributed by atoms with Crippen LogP contribution in [0.5, 0.6) is 0 Å². The predicted molar refractivity (Wildman–Crippen MR) is 64.9 cm³/mol. The first kappa shape index (κ1) is 17.2. The van der Waals surface area contributed by atoms with E-state index in [2.05, 4.69) is 0 Å². The number of carbonyl (C=O) groups is 1. The number of alkyl halides is 3. The average Bonchev–Trinajstić information content (AvgIpc) is 2.26. The van der Waals surface area contributed by atoms with E-state index in [0.717, 1.165) is 0 Å². The Balaban J connectivity index is 2.40. The minimum absolute atomic E-state index is 0.0606. The molecule has 0 spiro atoms. The molecule has 0 aliphatic carbocycles. The molecule has 1 fully saturated rings. The van der Waals surface area contributed by atoms with Gasteiger partial charge in [-0.15, -0.1) is 0 Å². The number of nitrogens with two attached hydrogens (primary N) is 1. The molecule has 0 bridgehead atoms. The Labute approximate surface area is 115 Å². The summed E-state index contributed by atoms with van der Waals surface area (Å²) >= 11 is 0. The van der Waals surface area contributed by atoms with Crippen molar-refractivity contribution in [3.63, 3.8) is 0 Å². The van der Waals surface area contributed by atoms with Crippen molar-refractivity contribution < 1.29 is 27.8 Å². The molecule has 0 aromatic heterocycles. The highest BCUT2D eigenvalue weighted by molar-refractivity contribution is 5.75. The van der Waals surface area contributed by atoms with E-state index >= 15 is 0 Å². The summed E-state index contributed by atoms with van der Waals surface area (Å²) in [6.07, 6.45) is -7.28. The largest absolute Gasteiger partial charge is 0.415 e. The van der Waals surface area contributed by atoms with Crippen molar-refractivity contribution >= 4 is 5.91 Å². The lowest BCUT2D eigenvalue weighted by Crippen LogP contribution is -2.51. The zero-order valence-corrected chi connectivity index (χ0v) is 11.3. The Morgan fingerprint density at radius 1 is 1.60 bits per heavy atom. The third-order valence-corrected chi connectivity index (χ3v) is 2.97. The SMILES string of the molecule is CN(CC(N)=O)C[C@@H]1CN(C[C@@H](O)C(F)(F)F)CCO1. The molecule has 6 nitrogen and oxygen atoms in total. The fourth-order valence-corrected chi connectivity index (χ4v) is 2.08. The third kappa shape index (κ3) is 6.04. The summed E-state index contributed by atoms with van der Waals surface area (Å²) in [5.74, 6) is -0.479.